The number of benzene rings is 1. The molecule has 4 nitrogen and oxygen atoms in total. The average Bonchev–Trinajstić information content (AvgIpc) is 3.19. The van der Waals surface area contributed by atoms with Gasteiger partial charge in [-0.25, -0.2) is 4.79 Å². The van der Waals surface area contributed by atoms with Gasteiger partial charge in [-0.3, -0.25) is 0 Å². The minimum absolute atomic E-state index is 0.346. The molecule has 98 valence electrons. The van der Waals surface area contributed by atoms with Crippen LogP contribution in [-0.4, -0.2) is 25.7 Å². The monoisotopic (exact) mass is 248 g/mol. The summed E-state index contributed by atoms with van der Waals surface area (Å²) >= 11 is 0. The summed E-state index contributed by atoms with van der Waals surface area (Å²) in [6, 6.07) is 6.03. The summed E-state index contributed by atoms with van der Waals surface area (Å²) in [4.78, 5) is 13.8. The molecule has 1 aromatic carbocycles. The summed E-state index contributed by atoms with van der Waals surface area (Å²) in [5.74, 6) is -0.346. The third-order valence-electron chi connectivity index (χ3n) is 3.21. The quantitative estimate of drug-likeness (QED) is 0.642. The van der Waals surface area contributed by atoms with Crippen LogP contribution in [0.2, 0.25) is 0 Å². The maximum absolute atomic E-state index is 11.4. The summed E-state index contributed by atoms with van der Waals surface area (Å²) in [6.07, 6.45) is 3.56. The number of hydrogen-bond acceptors (Lipinski definition) is 4. The van der Waals surface area contributed by atoms with Gasteiger partial charge in [0.05, 0.1) is 24.0 Å². The summed E-state index contributed by atoms with van der Waals surface area (Å²) in [5.41, 5.74) is 8.25. The van der Waals surface area contributed by atoms with Gasteiger partial charge in [-0.05, 0) is 37.5 Å². The van der Waals surface area contributed by atoms with Crippen molar-refractivity contribution in [1.29, 1.82) is 0 Å². The summed E-state index contributed by atoms with van der Waals surface area (Å²) in [6.45, 7) is 3.17. The molecule has 0 unspecified atom stereocenters. The number of carbonyl (C=O) groups excluding carboxylic acids is 1. The zero-order valence-corrected chi connectivity index (χ0v) is 11.0. The number of nitrogens with zero attached hydrogens (tertiary/aromatic N) is 1. The summed E-state index contributed by atoms with van der Waals surface area (Å²) in [7, 11) is 1.38. The van der Waals surface area contributed by atoms with Crippen LogP contribution in [0.15, 0.2) is 18.2 Å². The molecular formula is C14H20N2O2. The van der Waals surface area contributed by atoms with Gasteiger partial charge in [-0.15, -0.1) is 0 Å². The van der Waals surface area contributed by atoms with E-state index in [4.69, 9.17) is 10.5 Å². The maximum atomic E-state index is 11.4. The van der Waals surface area contributed by atoms with Crippen LogP contribution in [0.1, 0.15) is 36.5 Å². The van der Waals surface area contributed by atoms with Gasteiger partial charge in [0.2, 0.25) is 0 Å². The van der Waals surface area contributed by atoms with Crippen LogP contribution in [0.5, 0.6) is 0 Å². The first-order valence-electron chi connectivity index (χ1n) is 6.41. The molecule has 18 heavy (non-hydrogen) atoms. The van der Waals surface area contributed by atoms with E-state index in [0.29, 0.717) is 17.3 Å². The molecule has 0 amide bonds. The van der Waals surface area contributed by atoms with Gasteiger partial charge in [-0.2, -0.15) is 0 Å². The van der Waals surface area contributed by atoms with Gasteiger partial charge >= 0.3 is 5.97 Å². The van der Waals surface area contributed by atoms with Crippen LogP contribution in [0, 0.1) is 0 Å². The molecule has 0 aliphatic heterocycles. The SMILES string of the molecule is CCCN(c1ccc(C(=O)OC)cc1N)C1CC1. The van der Waals surface area contributed by atoms with Crippen LogP contribution in [0.25, 0.3) is 0 Å². The van der Waals surface area contributed by atoms with Crippen LogP contribution in [-0.2, 0) is 4.74 Å². The fourth-order valence-electron chi connectivity index (χ4n) is 2.19. The van der Waals surface area contributed by atoms with Crippen molar-refractivity contribution in [2.75, 3.05) is 24.3 Å². The van der Waals surface area contributed by atoms with Crippen LogP contribution in [0.3, 0.4) is 0 Å². The minimum atomic E-state index is -0.346. The predicted molar refractivity (Wildman–Crippen MR) is 72.9 cm³/mol. The number of nitrogen functional groups attached to an aromatic ring is 1. The average molecular weight is 248 g/mol. The highest BCUT2D eigenvalue weighted by molar-refractivity contribution is 5.92. The molecule has 0 bridgehead atoms. The normalized spacial score (nSPS) is 14.3. The molecule has 0 atom stereocenters. The first kappa shape index (κ1) is 12.7. The van der Waals surface area contributed by atoms with Gasteiger partial charge in [0.15, 0.2) is 0 Å². The van der Waals surface area contributed by atoms with E-state index in [9.17, 15) is 4.79 Å². The molecular weight excluding hydrogens is 228 g/mol. The minimum Gasteiger partial charge on any atom is -0.465 e. The Morgan fingerprint density at radius 1 is 1.50 bits per heavy atom. The van der Waals surface area contributed by atoms with E-state index in [1.54, 1.807) is 12.1 Å². The fourth-order valence-corrected chi connectivity index (χ4v) is 2.19. The molecule has 2 rings (SSSR count). The highest BCUT2D eigenvalue weighted by Gasteiger charge is 2.29. The molecule has 0 radical (unpaired) electrons. The van der Waals surface area contributed by atoms with Crippen molar-refractivity contribution in [3.63, 3.8) is 0 Å². The zero-order valence-electron chi connectivity index (χ0n) is 11.0. The first-order valence-corrected chi connectivity index (χ1v) is 6.41. The molecule has 1 fully saturated rings. The molecule has 1 aliphatic carbocycles. The topological polar surface area (TPSA) is 55.6 Å². The molecule has 1 aromatic rings. The standard InChI is InChI=1S/C14H20N2O2/c1-3-8-16(11-5-6-11)13-7-4-10(9-12(13)15)14(17)18-2/h4,7,9,11H,3,5-6,8,15H2,1-2H3. The smallest absolute Gasteiger partial charge is 0.337 e. The fraction of sp³-hybridized carbons (Fsp3) is 0.500. The molecule has 1 aliphatic rings. The Labute approximate surface area is 108 Å². The van der Waals surface area contributed by atoms with Crippen molar-refractivity contribution in [3.05, 3.63) is 23.8 Å². The van der Waals surface area contributed by atoms with Crippen molar-refractivity contribution >= 4 is 17.3 Å². The Morgan fingerprint density at radius 2 is 2.22 bits per heavy atom. The second-order valence-electron chi connectivity index (χ2n) is 4.69. The van der Waals surface area contributed by atoms with Crippen LogP contribution in [0.4, 0.5) is 11.4 Å². The zero-order chi connectivity index (χ0) is 13.1. The summed E-state index contributed by atoms with van der Waals surface area (Å²) < 4.78 is 4.69. The van der Waals surface area contributed by atoms with Crippen molar-refractivity contribution in [1.82, 2.24) is 0 Å². The third-order valence-corrected chi connectivity index (χ3v) is 3.21. The Balaban J connectivity index is 2.24. The van der Waals surface area contributed by atoms with Crippen LogP contribution >= 0.6 is 0 Å². The largest absolute Gasteiger partial charge is 0.465 e. The lowest BCUT2D eigenvalue weighted by molar-refractivity contribution is 0.0601. The molecule has 2 N–H and O–H groups in total. The van der Waals surface area contributed by atoms with E-state index in [2.05, 4.69) is 11.8 Å². The highest BCUT2D eigenvalue weighted by atomic mass is 16.5. The van der Waals surface area contributed by atoms with E-state index >= 15 is 0 Å². The van der Waals surface area contributed by atoms with Crippen molar-refractivity contribution in [2.45, 2.75) is 32.2 Å². The number of rotatable bonds is 5. The van der Waals surface area contributed by atoms with Crippen molar-refractivity contribution in [3.8, 4) is 0 Å². The Hall–Kier alpha value is -1.71. The summed E-state index contributed by atoms with van der Waals surface area (Å²) in [5, 5.41) is 0. The highest BCUT2D eigenvalue weighted by Crippen LogP contribution is 2.35. The van der Waals surface area contributed by atoms with E-state index < -0.39 is 0 Å². The number of hydrogen-bond donors (Lipinski definition) is 1. The molecule has 0 spiro atoms. The lowest BCUT2D eigenvalue weighted by Crippen LogP contribution is -2.27. The third kappa shape index (κ3) is 2.58. The Kier molecular flexibility index (Phi) is 3.75. The van der Waals surface area contributed by atoms with Crippen molar-refractivity contribution in [2.24, 2.45) is 0 Å². The van der Waals surface area contributed by atoms with E-state index in [-0.39, 0.29) is 5.97 Å². The van der Waals surface area contributed by atoms with Crippen molar-refractivity contribution < 1.29 is 9.53 Å². The molecule has 4 heteroatoms. The lowest BCUT2D eigenvalue weighted by atomic mass is 10.1. The van der Waals surface area contributed by atoms with E-state index in [1.165, 1.54) is 20.0 Å². The van der Waals surface area contributed by atoms with Gasteiger partial charge in [-0.1, -0.05) is 6.92 Å². The Morgan fingerprint density at radius 3 is 2.72 bits per heavy atom. The second-order valence-corrected chi connectivity index (χ2v) is 4.69. The second kappa shape index (κ2) is 5.29. The molecule has 0 aromatic heterocycles. The first-order chi connectivity index (χ1) is 8.67. The van der Waals surface area contributed by atoms with Gasteiger partial charge in [0, 0.05) is 12.6 Å². The van der Waals surface area contributed by atoms with E-state index in [1.807, 2.05) is 6.07 Å². The molecule has 0 saturated heterocycles. The lowest BCUT2D eigenvalue weighted by Gasteiger charge is -2.25. The predicted octanol–water partition coefficient (Wildman–Crippen LogP) is 2.43. The van der Waals surface area contributed by atoms with E-state index in [0.717, 1.165) is 18.7 Å². The number of ether oxygens (including phenoxy) is 1. The molecule has 1 saturated carbocycles. The maximum Gasteiger partial charge on any atom is 0.337 e. The molecule has 0 heterocycles. The number of nitrogens with two attached hydrogens (primary N) is 1. The number of esters is 1. The number of carbonyl (C=O) groups is 1. The van der Waals surface area contributed by atoms with Crippen LogP contribution < -0.4 is 10.6 Å². The number of methoxy groups -OCH3 is 1. The van der Waals surface area contributed by atoms with Gasteiger partial charge in [0.25, 0.3) is 0 Å². The van der Waals surface area contributed by atoms with Gasteiger partial charge in [0.1, 0.15) is 0 Å². The van der Waals surface area contributed by atoms with Gasteiger partial charge < -0.3 is 15.4 Å². The number of anilines is 2. The Bertz CT molecular complexity index is 441.